The highest BCUT2D eigenvalue weighted by Crippen LogP contribution is 2.39. The number of aromatic amines is 1. The lowest BCUT2D eigenvalue weighted by Crippen LogP contribution is -2.40. The molecular formula is C26H33N3O4S. The average molecular weight is 484 g/mol. The molecule has 2 atom stereocenters. The first kappa shape index (κ1) is 23.2. The molecular weight excluding hydrogens is 450 g/mol. The summed E-state index contributed by atoms with van der Waals surface area (Å²) in [6.07, 6.45) is 5.03. The Morgan fingerprint density at radius 3 is 2.53 bits per heavy atom. The average Bonchev–Trinajstić information content (AvgIpc) is 3.22. The number of piperidine rings is 1. The summed E-state index contributed by atoms with van der Waals surface area (Å²) in [5.41, 5.74) is 1.25. The Morgan fingerprint density at radius 1 is 1.15 bits per heavy atom. The van der Waals surface area contributed by atoms with E-state index in [1.807, 2.05) is 18.2 Å². The SMILES string of the molecule is COc1cccc(OC)c1OC1CCN(C(C)c2nc3sc4c(c3c(=O)[nH]2)CCC(C)C4)CC1. The fraction of sp³-hybridized carbons (Fsp3) is 0.538. The van der Waals surface area contributed by atoms with Gasteiger partial charge in [-0.05, 0) is 62.6 Å². The molecule has 7 nitrogen and oxygen atoms in total. The number of aryl methyl sites for hydroxylation is 1. The van der Waals surface area contributed by atoms with Crippen LogP contribution in [0.5, 0.6) is 17.2 Å². The Morgan fingerprint density at radius 2 is 1.85 bits per heavy atom. The van der Waals surface area contributed by atoms with Crippen LogP contribution in [-0.4, -0.2) is 48.3 Å². The summed E-state index contributed by atoms with van der Waals surface area (Å²) in [6, 6.07) is 5.70. The number of para-hydroxylation sites is 1. The first-order valence-corrected chi connectivity index (χ1v) is 13.0. The Kier molecular flexibility index (Phi) is 6.53. The summed E-state index contributed by atoms with van der Waals surface area (Å²) in [7, 11) is 3.28. The molecule has 2 aromatic heterocycles. The second-order valence-electron chi connectivity index (χ2n) is 9.50. The van der Waals surface area contributed by atoms with E-state index in [1.165, 1.54) is 10.4 Å². The van der Waals surface area contributed by atoms with Gasteiger partial charge >= 0.3 is 0 Å². The van der Waals surface area contributed by atoms with Gasteiger partial charge in [0.25, 0.3) is 5.56 Å². The predicted molar refractivity (Wildman–Crippen MR) is 135 cm³/mol. The molecule has 2 unspecified atom stereocenters. The summed E-state index contributed by atoms with van der Waals surface area (Å²) < 4.78 is 17.3. The van der Waals surface area contributed by atoms with Gasteiger partial charge in [0, 0.05) is 18.0 Å². The van der Waals surface area contributed by atoms with Crippen molar-refractivity contribution in [2.45, 2.75) is 58.1 Å². The number of H-pyrrole nitrogens is 1. The summed E-state index contributed by atoms with van der Waals surface area (Å²) in [5.74, 6) is 3.45. The zero-order valence-corrected chi connectivity index (χ0v) is 21.2. The number of fused-ring (bicyclic) bond motifs is 3. The van der Waals surface area contributed by atoms with Crippen molar-refractivity contribution in [1.82, 2.24) is 14.9 Å². The molecule has 8 heteroatoms. The number of methoxy groups -OCH3 is 2. The first-order chi connectivity index (χ1) is 16.5. The Balaban J connectivity index is 1.29. The van der Waals surface area contributed by atoms with Crippen LogP contribution >= 0.6 is 11.3 Å². The second kappa shape index (κ2) is 9.58. The maximum absolute atomic E-state index is 13.0. The molecule has 5 rings (SSSR count). The molecule has 1 fully saturated rings. The maximum Gasteiger partial charge on any atom is 0.259 e. The number of benzene rings is 1. The van der Waals surface area contributed by atoms with Gasteiger partial charge < -0.3 is 19.2 Å². The summed E-state index contributed by atoms with van der Waals surface area (Å²) in [6.45, 7) is 6.15. The monoisotopic (exact) mass is 483 g/mol. The van der Waals surface area contributed by atoms with Crippen LogP contribution in [0.1, 0.15) is 55.4 Å². The van der Waals surface area contributed by atoms with Crippen LogP contribution in [-0.2, 0) is 12.8 Å². The van der Waals surface area contributed by atoms with Gasteiger partial charge in [-0.1, -0.05) is 13.0 Å². The molecule has 1 aliphatic heterocycles. The van der Waals surface area contributed by atoms with Crippen LogP contribution < -0.4 is 19.8 Å². The number of hydrogen-bond donors (Lipinski definition) is 1. The van der Waals surface area contributed by atoms with Crippen molar-refractivity contribution in [3.05, 3.63) is 44.8 Å². The predicted octanol–water partition coefficient (Wildman–Crippen LogP) is 4.73. The van der Waals surface area contributed by atoms with Crippen LogP contribution in [0.3, 0.4) is 0 Å². The minimum Gasteiger partial charge on any atom is -0.493 e. The van der Waals surface area contributed by atoms with Gasteiger partial charge in [0.15, 0.2) is 11.5 Å². The number of ether oxygens (including phenoxy) is 3. The molecule has 0 bridgehead atoms. The molecule has 1 saturated heterocycles. The summed E-state index contributed by atoms with van der Waals surface area (Å²) in [4.78, 5) is 25.7. The Labute approximate surface area is 204 Å². The molecule has 34 heavy (non-hydrogen) atoms. The summed E-state index contributed by atoms with van der Waals surface area (Å²) >= 11 is 1.71. The molecule has 1 aromatic carbocycles. The number of hydrogen-bond acceptors (Lipinski definition) is 7. The van der Waals surface area contributed by atoms with Crippen molar-refractivity contribution < 1.29 is 14.2 Å². The molecule has 0 saturated carbocycles. The van der Waals surface area contributed by atoms with E-state index in [1.54, 1.807) is 25.6 Å². The topological polar surface area (TPSA) is 76.7 Å². The van der Waals surface area contributed by atoms with E-state index >= 15 is 0 Å². The van der Waals surface area contributed by atoms with Crippen molar-refractivity contribution >= 4 is 21.6 Å². The van der Waals surface area contributed by atoms with Crippen LogP contribution in [0.2, 0.25) is 0 Å². The van der Waals surface area contributed by atoms with Crippen LogP contribution in [0.15, 0.2) is 23.0 Å². The third-order valence-electron chi connectivity index (χ3n) is 7.27. The van der Waals surface area contributed by atoms with Gasteiger partial charge in [0.05, 0.1) is 25.6 Å². The second-order valence-corrected chi connectivity index (χ2v) is 10.6. The highest BCUT2D eigenvalue weighted by molar-refractivity contribution is 7.18. The zero-order valence-electron chi connectivity index (χ0n) is 20.3. The maximum atomic E-state index is 13.0. The number of rotatable bonds is 6. The Hall–Kier alpha value is -2.58. The van der Waals surface area contributed by atoms with Crippen molar-refractivity contribution in [1.29, 1.82) is 0 Å². The van der Waals surface area contributed by atoms with Crippen LogP contribution in [0, 0.1) is 5.92 Å². The van der Waals surface area contributed by atoms with Gasteiger partial charge in [-0.25, -0.2) is 4.98 Å². The number of aromatic nitrogens is 2. The lowest BCUT2D eigenvalue weighted by Gasteiger charge is -2.35. The minimum atomic E-state index is 0.0143. The fourth-order valence-corrected chi connectivity index (χ4v) is 6.61. The van der Waals surface area contributed by atoms with E-state index < -0.39 is 0 Å². The van der Waals surface area contributed by atoms with Crippen molar-refractivity contribution in [3.63, 3.8) is 0 Å². The lowest BCUT2D eigenvalue weighted by molar-refractivity contribution is 0.0737. The van der Waals surface area contributed by atoms with Gasteiger partial charge in [-0.2, -0.15) is 0 Å². The molecule has 0 amide bonds. The van der Waals surface area contributed by atoms with Gasteiger partial charge in [-0.15, -0.1) is 11.3 Å². The smallest absolute Gasteiger partial charge is 0.259 e. The molecule has 0 spiro atoms. The normalized spacial score (nSPS) is 20.2. The van der Waals surface area contributed by atoms with E-state index in [-0.39, 0.29) is 17.7 Å². The number of nitrogens with one attached hydrogen (secondary N) is 1. The molecule has 1 aliphatic carbocycles. The van der Waals surface area contributed by atoms with E-state index in [0.717, 1.165) is 61.2 Å². The lowest BCUT2D eigenvalue weighted by atomic mass is 9.89. The number of thiophene rings is 1. The fourth-order valence-electron chi connectivity index (χ4n) is 5.22. The van der Waals surface area contributed by atoms with Gasteiger partial charge in [0.1, 0.15) is 16.8 Å². The first-order valence-electron chi connectivity index (χ1n) is 12.1. The molecule has 3 aromatic rings. The third kappa shape index (κ3) is 4.29. The quantitative estimate of drug-likeness (QED) is 0.546. The highest BCUT2D eigenvalue weighted by atomic mass is 32.1. The molecule has 3 heterocycles. The number of likely N-dealkylation sites (tertiary alicyclic amines) is 1. The van der Waals surface area contributed by atoms with Crippen molar-refractivity contribution in [2.75, 3.05) is 27.3 Å². The van der Waals surface area contributed by atoms with Gasteiger partial charge in [0.2, 0.25) is 5.75 Å². The molecule has 1 N–H and O–H groups in total. The van der Waals surface area contributed by atoms with Crippen LogP contribution in [0.4, 0.5) is 0 Å². The number of nitrogens with zero attached hydrogens (tertiary/aromatic N) is 2. The molecule has 0 radical (unpaired) electrons. The van der Waals surface area contributed by atoms with E-state index in [9.17, 15) is 4.79 Å². The highest BCUT2D eigenvalue weighted by Gasteiger charge is 2.29. The van der Waals surface area contributed by atoms with Crippen molar-refractivity contribution in [3.8, 4) is 17.2 Å². The van der Waals surface area contributed by atoms with Crippen molar-refractivity contribution in [2.24, 2.45) is 5.92 Å². The molecule has 182 valence electrons. The van der Waals surface area contributed by atoms with E-state index in [2.05, 4.69) is 23.7 Å². The molecule has 2 aliphatic rings. The van der Waals surface area contributed by atoms with Gasteiger partial charge in [-0.3, -0.25) is 9.69 Å². The zero-order chi connectivity index (χ0) is 23.8. The largest absolute Gasteiger partial charge is 0.493 e. The summed E-state index contributed by atoms with van der Waals surface area (Å²) in [5, 5.41) is 0.820. The van der Waals surface area contributed by atoms with E-state index in [0.29, 0.717) is 23.2 Å². The third-order valence-corrected chi connectivity index (χ3v) is 8.42. The van der Waals surface area contributed by atoms with E-state index in [4.69, 9.17) is 19.2 Å². The van der Waals surface area contributed by atoms with Crippen LogP contribution in [0.25, 0.3) is 10.2 Å². The Bertz CT molecular complexity index is 1210. The minimum absolute atomic E-state index is 0.0143. The standard InChI is InChI=1S/C26H33N3O4S/c1-15-8-9-18-21(14-15)34-26-22(18)25(30)27-24(28-26)16(2)29-12-10-17(11-13-29)33-23-19(31-3)6-5-7-20(23)32-4/h5-7,15-17H,8-14H2,1-4H3,(H,27,28,30).